The van der Waals surface area contributed by atoms with Crippen LogP contribution in [0.4, 0.5) is 23.0 Å². The standard InChI is InChI=1S/C31H20N7/c1-3-10-20(11-4-1)29-34-30(21-12-5-2-6-13-21)36-31(35-29)38-23-15-8-7-14-22(23)37-24-16-9-18-32-26(24)27-28(37)25(38)17-19-33-27/h1-19,28H/q+1. The highest BCUT2D eigenvalue weighted by molar-refractivity contribution is 6.32. The highest BCUT2D eigenvalue weighted by Gasteiger charge is 2.47. The van der Waals surface area contributed by atoms with Crippen LogP contribution in [0.15, 0.2) is 121 Å². The van der Waals surface area contributed by atoms with Crippen LogP contribution in [0, 0.1) is 0 Å². The van der Waals surface area contributed by atoms with E-state index in [0.29, 0.717) is 17.6 Å². The molecule has 1 unspecified atom stereocenters. The molecule has 5 aromatic rings. The fourth-order valence-electron chi connectivity index (χ4n) is 5.45. The number of aliphatic imine (C=N–C) groups is 1. The van der Waals surface area contributed by atoms with Gasteiger partial charge in [0.1, 0.15) is 23.1 Å². The van der Waals surface area contributed by atoms with Crippen molar-refractivity contribution in [2.75, 3.05) is 4.90 Å². The number of aromatic nitrogens is 4. The van der Waals surface area contributed by atoms with E-state index in [0.717, 1.165) is 45.3 Å². The van der Waals surface area contributed by atoms with Gasteiger partial charge in [-0.3, -0.25) is 9.98 Å². The van der Waals surface area contributed by atoms with Crippen LogP contribution >= 0.6 is 0 Å². The number of anilines is 2. The second-order valence-corrected chi connectivity index (χ2v) is 9.24. The summed E-state index contributed by atoms with van der Waals surface area (Å²) in [4.78, 5) is 26.8. The van der Waals surface area contributed by atoms with E-state index >= 15 is 0 Å². The molecule has 38 heavy (non-hydrogen) atoms. The largest absolute Gasteiger partial charge is 0.442 e. The molecule has 0 saturated carbocycles. The number of fused-ring (bicyclic) bond motifs is 5. The molecule has 3 aliphatic heterocycles. The summed E-state index contributed by atoms with van der Waals surface area (Å²) >= 11 is 0. The minimum Gasteiger partial charge on any atom is -0.320 e. The molecule has 0 spiro atoms. The van der Waals surface area contributed by atoms with E-state index in [1.54, 1.807) is 0 Å². The van der Waals surface area contributed by atoms with E-state index in [1.165, 1.54) is 0 Å². The number of pyridine rings is 1. The van der Waals surface area contributed by atoms with Gasteiger partial charge in [-0.05, 0) is 64.6 Å². The van der Waals surface area contributed by atoms with E-state index in [9.17, 15) is 0 Å². The van der Waals surface area contributed by atoms with Crippen LogP contribution in [0.1, 0.15) is 5.69 Å². The summed E-state index contributed by atoms with van der Waals surface area (Å²) < 4.78 is 2.15. The van der Waals surface area contributed by atoms with E-state index in [1.807, 2.05) is 85.2 Å². The lowest BCUT2D eigenvalue weighted by atomic mass is 10.00. The zero-order valence-electron chi connectivity index (χ0n) is 20.2. The van der Waals surface area contributed by atoms with Crippen molar-refractivity contribution >= 4 is 34.4 Å². The van der Waals surface area contributed by atoms with Gasteiger partial charge < -0.3 is 4.90 Å². The van der Waals surface area contributed by atoms with Gasteiger partial charge in [0.2, 0.25) is 11.6 Å². The van der Waals surface area contributed by atoms with Crippen molar-refractivity contribution in [1.29, 1.82) is 0 Å². The summed E-state index contributed by atoms with van der Waals surface area (Å²) in [7, 11) is 0. The van der Waals surface area contributed by atoms with Crippen LogP contribution in [-0.4, -0.2) is 37.4 Å². The Labute approximate surface area is 218 Å². The van der Waals surface area contributed by atoms with Crippen molar-refractivity contribution in [1.82, 2.24) is 24.5 Å². The smallest absolute Gasteiger partial charge is 0.320 e. The Kier molecular flexibility index (Phi) is 4.45. The maximum atomic E-state index is 5.04. The number of benzene rings is 3. The Morgan fingerprint density at radius 1 is 0.658 bits per heavy atom. The van der Waals surface area contributed by atoms with Crippen molar-refractivity contribution < 1.29 is 0 Å². The summed E-state index contributed by atoms with van der Waals surface area (Å²) in [5.74, 6) is 1.81. The fraction of sp³-hybridized carbons (Fsp3) is 0.0323. The van der Waals surface area contributed by atoms with Crippen molar-refractivity contribution in [3.63, 3.8) is 0 Å². The third-order valence-corrected chi connectivity index (χ3v) is 7.07. The van der Waals surface area contributed by atoms with Crippen molar-refractivity contribution in [2.45, 2.75) is 6.04 Å². The maximum absolute atomic E-state index is 5.04. The van der Waals surface area contributed by atoms with Gasteiger partial charge in [-0.15, -0.1) is 0 Å². The lowest BCUT2D eigenvalue weighted by Crippen LogP contribution is -2.47. The Bertz CT molecular complexity index is 1770. The Balaban J connectivity index is 1.42. The van der Waals surface area contributed by atoms with Gasteiger partial charge in [0, 0.05) is 23.5 Å². The van der Waals surface area contributed by atoms with E-state index in [-0.39, 0.29) is 6.04 Å². The third kappa shape index (κ3) is 3.02. The van der Waals surface area contributed by atoms with Crippen LogP contribution in [0.3, 0.4) is 0 Å². The number of para-hydroxylation sites is 2. The number of hydrogen-bond donors (Lipinski definition) is 0. The molecule has 178 valence electrons. The second kappa shape index (κ2) is 8.11. The molecule has 0 fully saturated rings. The van der Waals surface area contributed by atoms with Gasteiger partial charge in [-0.2, -0.15) is 9.56 Å². The first-order chi connectivity index (χ1) is 18.9. The predicted octanol–water partition coefficient (Wildman–Crippen LogP) is 5.73. The van der Waals surface area contributed by atoms with Crippen molar-refractivity contribution in [3.05, 3.63) is 121 Å². The molecule has 5 heterocycles. The van der Waals surface area contributed by atoms with Gasteiger partial charge >= 0.3 is 5.95 Å². The molecule has 8 rings (SSSR count). The second-order valence-electron chi connectivity index (χ2n) is 9.24. The minimum atomic E-state index is -0.128. The van der Waals surface area contributed by atoms with E-state index < -0.39 is 0 Å². The molecule has 0 radical (unpaired) electrons. The van der Waals surface area contributed by atoms with Crippen molar-refractivity contribution in [3.8, 4) is 22.8 Å². The molecule has 3 aromatic carbocycles. The summed E-state index contributed by atoms with van der Waals surface area (Å²) in [5, 5.41) is 0. The highest BCUT2D eigenvalue weighted by atomic mass is 15.3. The number of hydrogen-bond acceptors (Lipinski definition) is 6. The molecule has 0 bridgehead atoms. The molecule has 0 saturated heterocycles. The Morgan fingerprint density at radius 2 is 1.32 bits per heavy atom. The molecule has 7 heteroatoms. The molecule has 0 amide bonds. The Morgan fingerprint density at radius 3 is 2.05 bits per heavy atom. The summed E-state index contributed by atoms with van der Waals surface area (Å²) in [6.07, 6.45) is 5.73. The summed E-state index contributed by atoms with van der Waals surface area (Å²) in [6, 6.07) is 32.4. The first-order valence-corrected chi connectivity index (χ1v) is 12.5. The quantitative estimate of drug-likeness (QED) is 0.302. The first-order valence-electron chi connectivity index (χ1n) is 12.5. The summed E-state index contributed by atoms with van der Waals surface area (Å²) in [6.45, 7) is 0. The van der Waals surface area contributed by atoms with Crippen LogP contribution in [0.5, 0.6) is 0 Å². The number of nitrogens with zero attached hydrogens (tertiary/aromatic N) is 7. The molecule has 0 N–H and O–H groups in total. The van der Waals surface area contributed by atoms with Crippen LogP contribution in [-0.2, 0) is 0 Å². The molecule has 7 nitrogen and oxygen atoms in total. The average molecular weight is 491 g/mol. The monoisotopic (exact) mass is 490 g/mol. The van der Waals surface area contributed by atoms with E-state index in [4.69, 9.17) is 24.9 Å². The molecular weight excluding hydrogens is 470 g/mol. The van der Waals surface area contributed by atoms with Gasteiger partial charge in [0.05, 0.1) is 17.1 Å². The lowest BCUT2D eigenvalue weighted by molar-refractivity contribution is 0.875. The number of rotatable bonds is 3. The van der Waals surface area contributed by atoms with Crippen molar-refractivity contribution in [2.24, 2.45) is 4.99 Å². The maximum Gasteiger partial charge on any atom is 0.442 e. The van der Waals surface area contributed by atoms with E-state index in [2.05, 4.69) is 39.8 Å². The molecule has 2 aromatic heterocycles. The lowest BCUT2D eigenvalue weighted by Gasteiger charge is -2.34. The van der Waals surface area contributed by atoms with Gasteiger partial charge in [-0.1, -0.05) is 48.5 Å². The first kappa shape index (κ1) is 20.8. The SMILES string of the molecule is C1=CC2=[N+](c3nc(-c4ccccc4)nc(-c4ccccc4)n3)c3ccccc3N3c4cccnc4C(=N1)C23. The minimum absolute atomic E-state index is 0.128. The van der Waals surface area contributed by atoms with Gasteiger partial charge in [0.25, 0.3) is 0 Å². The summed E-state index contributed by atoms with van der Waals surface area (Å²) in [5.41, 5.74) is 7.82. The van der Waals surface area contributed by atoms with Gasteiger partial charge in [0.15, 0.2) is 0 Å². The van der Waals surface area contributed by atoms with Crippen LogP contribution in [0.2, 0.25) is 0 Å². The third-order valence-electron chi connectivity index (χ3n) is 7.07. The zero-order valence-corrected chi connectivity index (χ0v) is 20.2. The molecule has 3 aliphatic rings. The van der Waals surface area contributed by atoms with Crippen LogP contribution in [0.25, 0.3) is 22.8 Å². The highest BCUT2D eigenvalue weighted by Crippen LogP contribution is 2.46. The molecular formula is C31H20N7+. The van der Waals surface area contributed by atoms with Crippen LogP contribution < -0.4 is 9.48 Å². The van der Waals surface area contributed by atoms with Gasteiger partial charge in [-0.25, -0.2) is 0 Å². The molecule has 0 aliphatic carbocycles. The molecule has 1 atom stereocenters. The zero-order chi connectivity index (χ0) is 25.1. The fourth-order valence-corrected chi connectivity index (χ4v) is 5.45. The average Bonchev–Trinajstić information content (AvgIpc) is 3.34. The Hall–Kier alpha value is -5.30. The normalized spacial score (nSPS) is 16.6. The topological polar surface area (TPSA) is 70.2 Å². The predicted molar refractivity (Wildman–Crippen MR) is 149 cm³/mol.